The van der Waals surface area contributed by atoms with E-state index in [1.54, 1.807) is 22.2 Å². The molecule has 0 spiro atoms. The normalized spacial score (nSPS) is 14.8. The second kappa shape index (κ2) is 8.05. The number of aromatic nitrogens is 5. The van der Waals surface area contributed by atoms with E-state index >= 15 is 0 Å². The Morgan fingerprint density at radius 2 is 1.91 bits per heavy atom. The SMILES string of the molecule is CC[C@@H]1N=C(c2ccc(Cl)cc2)c2c(sc(C#Cc3cnn(C)c3)c2C)-n2c(C)nnc21. The van der Waals surface area contributed by atoms with Gasteiger partial charge in [0.25, 0.3) is 0 Å². The van der Waals surface area contributed by atoms with Crippen LogP contribution in [-0.2, 0) is 7.05 Å². The summed E-state index contributed by atoms with van der Waals surface area (Å²) in [5, 5.41) is 14.8. The molecule has 0 N–H and O–H groups in total. The van der Waals surface area contributed by atoms with Crippen LogP contribution >= 0.6 is 22.9 Å². The van der Waals surface area contributed by atoms with Gasteiger partial charge in [-0.15, -0.1) is 21.5 Å². The van der Waals surface area contributed by atoms with Gasteiger partial charge < -0.3 is 0 Å². The molecule has 1 atom stereocenters. The van der Waals surface area contributed by atoms with Crippen LogP contribution in [0.3, 0.4) is 0 Å². The summed E-state index contributed by atoms with van der Waals surface area (Å²) in [6.45, 7) is 6.22. The Morgan fingerprint density at radius 1 is 1.12 bits per heavy atom. The summed E-state index contributed by atoms with van der Waals surface area (Å²) in [6.07, 6.45) is 4.52. The lowest BCUT2D eigenvalue weighted by atomic mass is 9.99. The summed E-state index contributed by atoms with van der Waals surface area (Å²) in [7, 11) is 1.89. The van der Waals surface area contributed by atoms with Crippen LogP contribution in [0.25, 0.3) is 5.00 Å². The first-order valence-corrected chi connectivity index (χ1v) is 11.6. The Morgan fingerprint density at radius 3 is 2.59 bits per heavy atom. The van der Waals surface area contributed by atoms with E-state index in [4.69, 9.17) is 16.6 Å². The van der Waals surface area contributed by atoms with Crippen LogP contribution < -0.4 is 0 Å². The lowest BCUT2D eigenvalue weighted by molar-refractivity contribution is 0.641. The number of hydrogen-bond acceptors (Lipinski definition) is 5. The number of rotatable bonds is 2. The Hall–Kier alpha value is -3.21. The van der Waals surface area contributed by atoms with Gasteiger partial charge in [0.1, 0.15) is 16.9 Å². The first-order chi connectivity index (χ1) is 15.5. The van der Waals surface area contributed by atoms with E-state index in [0.29, 0.717) is 5.02 Å². The average Bonchev–Trinajstić information content (AvgIpc) is 3.43. The highest BCUT2D eigenvalue weighted by Gasteiger charge is 2.30. The molecule has 5 rings (SSSR count). The number of hydrogen-bond donors (Lipinski definition) is 0. The molecule has 0 aliphatic carbocycles. The third-order valence-corrected chi connectivity index (χ3v) is 6.97. The van der Waals surface area contributed by atoms with Gasteiger partial charge in [0.15, 0.2) is 5.82 Å². The third kappa shape index (κ3) is 3.46. The molecule has 4 heterocycles. The van der Waals surface area contributed by atoms with E-state index in [0.717, 1.165) is 55.9 Å². The largest absolute Gasteiger partial charge is 0.275 e. The van der Waals surface area contributed by atoms with Crippen molar-refractivity contribution >= 4 is 28.6 Å². The monoisotopic (exact) mass is 460 g/mol. The summed E-state index contributed by atoms with van der Waals surface area (Å²) in [6, 6.07) is 7.78. The van der Waals surface area contributed by atoms with Crippen molar-refractivity contribution in [2.45, 2.75) is 33.2 Å². The Labute approximate surface area is 195 Å². The fraction of sp³-hybridized carbons (Fsp3) is 0.250. The van der Waals surface area contributed by atoms with Gasteiger partial charge in [0.2, 0.25) is 0 Å². The van der Waals surface area contributed by atoms with Crippen LogP contribution in [-0.4, -0.2) is 30.3 Å². The molecule has 32 heavy (non-hydrogen) atoms. The molecule has 0 bridgehead atoms. The smallest absolute Gasteiger partial charge is 0.163 e. The third-order valence-electron chi connectivity index (χ3n) is 5.53. The van der Waals surface area contributed by atoms with Gasteiger partial charge in [0, 0.05) is 29.4 Å². The van der Waals surface area contributed by atoms with Crippen LogP contribution in [0.1, 0.15) is 58.2 Å². The van der Waals surface area contributed by atoms with Gasteiger partial charge in [-0.3, -0.25) is 14.2 Å². The minimum absolute atomic E-state index is 0.0780. The molecule has 160 valence electrons. The van der Waals surface area contributed by atoms with Crippen molar-refractivity contribution in [3.05, 3.63) is 80.5 Å². The number of nitrogens with zero attached hydrogens (tertiary/aromatic N) is 6. The maximum absolute atomic E-state index is 6.17. The molecule has 4 aromatic rings. The van der Waals surface area contributed by atoms with Gasteiger partial charge in [0.05, 0.1) is 22.3 Å². The van der Waals surface area contributed by atoms with Crippen LogP contribution in [0.2, 0.25) is 5.02 Å². The summed E-state index contributed by atoms with van der Waals surface area (Å²) in [4.78, 5) is 6.18. The summed E-state index contributed by atoms with van der Waals surface area (Å²) in [5.41, 5.74) is 5.03. The Bertz CT molecular complexity index is 1410. The molecule has 0 saturated heterocycles. The van der Waals surface area contributed by atoms with Gasteiger partial charge in [-0.1, -0.05) is 42.5 Å². The van der Waals surface area contributed by atoms with E-state index in [9.17, 15) is 0 Å². The van der Waals surface area contributed by atoms with E-state index in [2.05, 4.69) is 45.6 Å². The highest BCUT2D eigenvalue weighted by Crippen LogP contribution is 2.39. The molecule has 0 unspecified atom stereocenters. The van der Waals surface area contributed by atoms with E-state index in [1.807, 2.05) is 44.4 Å². The molecule has 8 heteroatoms. The number of halogens is 1. The Balaban J connectivity index is 1.75. The highest BCUT2D eigenvalue weighted by atomic mass is 35.5. The molecule has 3 aromatic heterocycles. The molecule has 1 aliphatic heterocycles. The quantitative estimate of drug-likeness (QED) is 0.394. The van der Waals surface area contributed by atoms with Gasteiger partial charge in [-0.25, -0.2) is 0 Å². The van der Waals surface area contributed by atoms with Crippen molar-refractivity contribution < 1.29 is 0 Å². The van der Waals surface area contributed by atoms with Crippen molar-refractivity contribution in [2.75, 3.05) is 0 Å². The summed E-state index contributed by atoms with van der Waals surface area (Å²) in [5.74, 6) is 8.31. The predicted molar refractivity (Wildman–Crippen MR) is 128 cm³/mol. The minimum Gasteiger partial charge on any atom is -0.275 e. The fourth-order valence-electron chi connectivity index (χ4n) is 3.89. The molecular formula is C24H21ClN6S. The standard InChI is InChI=1S/C24H21ClN6S/c1-5-19-23-29-28-15(3)31(23)24-21(22(27-19)17-7-9-18(25)10-8-17)14(2)20(32-24)11-6-16-12-26-30(4)13-16/h7-10,12-13,19H,5H2,1-4H3/t19-/m0/s1. The van der Waals surface area contributed by atoms with Crippen LogP contribution in [0.15, 0.2) is 41.7 Å². The number of thiophene rings is 1. The van der Waals surface area contributed by atoms with Crippen molar-refractivity contribution in [2.24, 2.45) is 12.0 Å². The number of benzene rings is 1. The maximum Gasteiger partial charge on any atom is 0.163 e. The summed E-state index contributed by atoms with van der Waals surface area (Å²) >= 11 is 7.82. The van der Waals surface area contributed by atoms with Crippen molar-refractivity contribution in [3.8, 4) is 16.8 Å². The molecule has 0 radical (unpaired) electrons. The molecule has 1 aromatic carbocycles. The average molecular weight is 461 g/mol. The van der Waals surface area contributed by atoms with Crippen LogP contribution in [0.4, 0.5) is 0 Å². The van der Waals surface area contributed by atoms with E-state index in [1.165, 1.54) is 0 Å². The lowest BCUT2D eigenvalue weighted by Gasteiger charge is -2.10. The molecule has 0 saturated carbocycles. The molecule has 0 fully saturated rings. The molecular weight excluding hydrogens is 440 g/mol. The summed E-state index contributed by atoms with van der Waals surface area (Å²) < 4.78 is 3.90. The zero-order valence-electron chi connectivity index (χ0n) is 18.2. The van der Waals surface area contributed by atoms with E-state index in [-0.39, 0.29) is 6.04 Å². The number of aliphatic imine (C=N–C) groups is 1. The van der Waals surface area contributed by atoms with Crippen LogP contribution in [0.5, 0.6) is 0 Å². The van der Waals surface area contributed by atoms with Gasteiger partial charge in [-0.2, -0.15) is 5.10 Å². The van der Waals surface area contributed by atoms with Crippen molar-refractivity contribution in [1.29, 1.82) is 0 Å². The highest BCUT2D eigenvalue weighted by molar-refractivity contribution is 7.15. The lowest BCUT2D eigenvalue weighted by Crippen LogP contribution is -2.07. The number of aryl methyl sites for hydroxylation is 2. The van der Waals surface area contributed by atoms with Gasteiger partial charge in [-0.05, 0) is 38.0 Å². The molecule has 0 amide bonds. The fourth-order valence-corrected chi connectivity index (χ4v) is 5.24. The van der Waals surface area contributed by atoms with Gasteiger partial charge >= 0.3 is 0 Å². The van der Waals surface area contributed by atoms with E-state index < -0.39 is 0 Å². The van der Waals surface area contributed by atoms with Crippen LogP contribution in [0, 0.1) is 25.7 Å². The second-order valence-corrected chi connectivity index (χ2v) is 9.17. The molecule has 6 nitrogen and oxygen atoms in total. The zero-order chi connectivity index (χ0) is 22.4. The first-order valence-electron chi connectivity index (χ1n) is 10.4. The second-order valence-electron chi connectivity index (χ2n) is 7.74. The zero-order valence-corrected chi connectivity index (χ0v) is 19.8. The maximum atomic E-state index is 6.17. The van der Waals surface area contributed by atoms with Crippen molar-refractivity contribution in [1.82, 2.24) is 24.5 Å². The van der Waals surface area contributed by atoms with Crippen molar-refractivity contribution in [3.63, 3.8) is 0 Å². The minimum atomic E-state index is -0.0780. The number of fused-ring (bicyclic) bond motifs is 3. The topological polar surface area (TPSA) is 60.9 Å². The first kappa shape index (κ1) is 20.7. The Kier molecular flexibility index (Phi) is 5.20. The molecule has 1 aliphatic rings. The predicted octanol–water partition coefficient (Wildman–Crippen LogP) is 5.03.